The predicted molar refractivity (Wildman–Crippen MR) is 119 cm³/mol. The number of unbranched alkanes of at least 4 members (excludes halogenated alkanes) is 1. The van der Waals surface area contributed by atoms with Gasteiger partial charge in [0.25, 0.3) is 0 Å². The number of rotatable bonds is 6. The fraction of sp³-hybridized carbons (Fsp3) is 0.500. The second-order valence-corrected chi connectivity index (χ2v) is 9.70. The summed E-state index contributed by atoms with van der Waals surface area (Å²) >= 11 is 1.77. The van der Waals surface area contributed by atoms with E-state index in [9.17, 15) is 9.59 Å². The first kappa shape index (κ1) is 21.6. The number of fused-ring (bicyclic) bond motifs is 1. The largest absolute Gasteiger partial charge is 0.330 e. The van der Waals surface area contributed by atoms with E-state index in [1.54, 1.807) is 16.2 Å². The van der Waals surface area contributed by atoms with Gasteiger partial charge in [-0.3, -0.25) is 9.59 Å². The van der Waals surface area contributed by atoms with Gasteiger partial charge < -0.3 is 9.80 Å². The maximum atomic E-state index is 13.5. The summed E-state index contributed by atoms with van der Waals surface area (Å²) in [6.07, 6.45) is 3.20. The van der Waals surface area contributed by atoms with Crippen molar-refractivity contribution in [3.05, 3.63) is 57.8 Å². The zero-order valence-corrected chi connectivity index (χ0v) is 18.8. The van der Waals surface area contributed by atoms with Crippen molar-refractivity contribution in [3.8, 4) is 0 Å². The molecule has 0 saturated heterocycles. The van der Waals surface area contributed by atoms with Crippen molar-refractivity contribution in [2.24, 2.45) is 0 Å². The number of hydrogen-bond acceptors (Lipinski definition) is 3. The molecule has 0 N–H and O–H groups in total. The van der Waals surface area contributed by atoms with Crippen molar-refractivity contribution in [1.82, 2.24) is 9.80 Å². The Morgan fingerprint density at radius 1 is 1.17 bits per heavy atom. The molecule has 1 atom stereocenters. The molecule has 1 aromatic heterocycles. The minimum absolute atomic E-state index is 0.0236. The summed E-state index contributed by atoms with van der Waals surface area (Å²) in [4.78, 5) is 31.4. The van der Waals surface area contributed by atoms with Gasteiger partial charge in [-0.1, -0.05) is 43.7 Å². The number of nitrogens with zero attached hydrogens (tertiary/aromatic N) is 2. The van der Waals surface area contributed by atoms with Crippen LogP contribution in [0.1, 0.15) is 69.0 Å². The molecule has 29 heavy (non-hydrogen) atoms. The fourth-order valence-corrected chi connectivity index (χ4v) is 4.87. The highest BCUT2D eigenvalue weighted by atomic mass is 32.1. The third kappa shape index (κ3) is 4.89. The van der Waals surface area contributed by atoms with Crippen molar-refractivity contribution in [1.29, 1.82) is 0 Å². The van der Waals surface area contributed by atoms with Gasteiger partial charge in [0.1, 0.15) is 6.54 Å². The summed E-state index contributed by atoms with van der Waals surface area (Å²) in [6.45, 7) is 8.92. The molecular formula is C24H32N2O2S. The van der Waals surface area contributed by atoms with Gasteiger partial charge >= 0.3 is 0 Å². The molecule has 1 aromatic carbocycles. The first-order valence-electron chi connectivity index (χ1n) is 10.5. The molecule has 0 bridgehead atoms. The molecule has 1 aliphatic heterocycles. The zero-order chi connectivity index (χ0) is 21.0. The molecule has 0 saturated carbocycles. The topological polar surface area (TPSA) is 40.6 Å². The van der Waals surface area contributed by atoms with E-state index in [2.05, 4.69) is 30.5 Å². The number of carbonyl (C=O) groups is 2. The maximum Gasteiger partial charge on any atom is 0.243 e. The average Bonchev–Trinajstić information content (AvgIpc) is 3.17. The van der Waals surface area contributed by atoms with Gasteiger partial charge in [0.2, 0.25) is 11.8 Å². The highest BCUT2D eigenvalue weighted by Gasteiger charge is 2.35. The number of hydrogen-bond donors (Lipinski definition) is 0. The first-order chi connectivity index (χ1) is 13.8. The van der Waals surface area contributed by atoms with E-state index < -0.39 is 0 Å². The molecule has 5 heteroatoms. The third-order valence-corrected chi connectivity index (χ3v) is 6.55. The van der Waals surface area contributed by atoms with Crippen molar-refractivity contribution < 1.29 is 9.59 Å². The number of benzene rings is 1. The summed E-state index contributed by atoms with van der Waals surface area (Å²) in [5.74, 6) is 0.0904. The Labute approximate surface area is 178 Å². The summed E-state index contributed by atoms with van der Waals surface area (Å²) in [6, 6.07) is 12.3. The molecule has 156 valence electrons. The molecule has 2 heterocycles. The molecule has 0 spiro atoms. The SMILES string of the molecule is CCCCC(=O)N(CC(=O)N1CCc2sccc2[C@H]1c1ccccc1)C(C)(C)C. The van der Waals surface area contributed by atoms with E-state index >= 15 is 0 Å². The van der Waals surface area contributed by atoms with Crippen LogP contribution in [-0.4, -0.2) is 40.2 Å². The Bertz CT molecular complexity index is 838. The third-order valence-electron chi connectivity index (χ3n) is 5.55. The Kier molecular flexibility index (Phi) is 6.78. The Hall–Kier alpha value is -2.14. The minimum atomic E-state index is -0.383. The number of thiophene rings is 1. The molecule has 0 unspecified atom stereocenters. The lowest BCUT2D eigenvalue weighted by atomic mass is 9.93. The normalized spacial score (nSPS) is 16.4. The van der Waals surface area contributed by atoms with E-state index in [0.717, 1.165) is 24.8 Å². The van der Waals surface area contributed by atoms with Crippen LogP contribution in [0.25, 0.3) is 0 Å². The Morgan fingerprint density at radius 2 is 1.90 bits per heavy atom. The van der Waals surface area contributed by atoms with E-state index in [0.29, 0.717) is 13.0 Å². The monoisotopic (exact) mass is 412 g/mol. The van der Waals surface area contributed by atoms with E-state index in [-0.39, 0.29) is 29.9 Å². The highest BCUT2D eigenvalue weighted by molar-refractivity contribution is 7.10. The Balaban J connectivity index is 1.87. The van der Waals surface area contributed by atoms with Crippen LogP contribution in [0.15, 0.2) is 41.8 Å². The number of amides is 2. The Morgan fingerprint density at radius 3 is 2.55 bits per heavy atom. The van der Waals surface area contributed by atoms with Crippen LogP contribution >= 0.6 is 11.3 Å². The van der Waals surface area contributed by atoms with Gasteiger partial charge in [-0.15, -0.1) is 11.3 Å². The number of carbonyl (C=O) groups excluding carboxylic acids is 2. The van der Waals surface area contributed by atoms with Crippen LogP contribution in [0.5, 0.6) is 0 Å². The van der Waals surface area contributed by atoms with E-state index in [1.165, 1.54) is 10.4 Å². The smallest absolute Gasteiger partial charge is 0.243 e. The predicted octanol–water partition coefficient (Wildman–Crippen LogP) is 5.04. The van der Waals surface area contributed by atoms with Gasteiger partial charge in [0.05, 0.1) is 6.04 Å². The van der Waals surface area contributed by atoms with Crippen LogP contribution in [-0.2, 0) is 16.0 Å². The maximum absolute atomic E-state index is 13.5. The van der Waals surface area contributed by atoms with Crippen molar-refractivity contribution in [2.45, 2.75) is 65.0 Å². The zero-order valence-electron chi connectivity index (χ0n) is 18.0. The van der Waals surface area contributed by atoms with Crippen LogP contribution in [0.3, 0.4) is 0 Å². The van der Waals surface area contributed by atoms with Crippen LogP contribution < -0.4 is 0 Å². The molecule has 1 aliphatic rings. The second-order valence-electron chi connectivity index (χ2n) is 8.70. The lowest BCUT2D eigenvalue weighted by Gasteiger charge is -2.40. The van der Waals surface area contributed by atoms with Crippen molar-refractivity contribution in [3.63, 3.8) is 0 Å². The average molecular weight is 413 g/mol. The van der Waals surface area contributed by atoms with Gasteiger partial charge in [-0.05, 0) is 56.2 Å². The van der Waals surface area contributed by atoms with Crippen molar-refractivity contribution >= 4 is 23.2 Å². The standard InChI is InChI=1S/C24H32N2O2S/c1-5-6-12-21(27)26(24(2,3)4)17-22(28)25-15-13-20-19(14-16-29-20)23(25)18-10-8-7-9-11-18/h7-11,14,16,23H,5-6,12-13,15,17H2,1-4H3/t23-/m1/s1. The van der Waals surface area contributed by atoms with Gasteiger partial charge in [0.15, 0.2) is 0 Å². The van der Waals surface area contributed by atoms with E-state index in [4.69, 9.17) is 0 Å². The van der Waals surface area contributed by atoms with Gasteiger partial charge in [-0.25, -0.2) is 0 Å². The second kappa shape index (κ2) is 9.12. The van der Waals surface area contributed by atoms with E-state index in [1.807, 2.05) is 43.9 Å². The summed E-state index contributed by atoms with van der Waals surface area (Å²) in [5, 5.41) is 2.12. The lowest BCUT2D eigenvalue weighted by molar-refractivity contribution is -0.145. The molecule has 0 radical (unpaired) electrons. The quantitative estimate of drug-likeness (QED) is 0.667. The minimum Gasteiger partial charge on any atom is -0.330 e. The molecular weight excluding hydrogens is 380 g/mol. The summed E-state index contributed by atoms with van der Waals surface area (Å²) in [5.41, 5.74) is 1.96. The van der Waals surface area contributed by atoms with Crippen LogP contribution in [0, 0.1) is 0 Å². The summed E-state index contributed by atoms with van der Waals surface area (Å²) in [7, 11) is 0. The summed E-state index contributed by atoms with van der Waals surface area (Å²) < 4.78 is 0. The molecule has 2 aromatic rings. The molecule has 4 nitrogen and oxygen atoms in total. The molecule has 0 aliphatic carbocycles. The fourth-order valence-electron chi connectivity index (χ4n) is 3.97. The van der Waals surface area contributed by atoms with Crippen LogP contribution in [0.4, 0.5) is 0 Å². The molecule has 2 amide bonds. The highest BCUT2D eigenvalue weighted by Crippen LogP contribution is 2.38. The lowest BCUT2D eigenvalue weighted by Crippen LogP contribution is -2.52. The molecule has 0 fully saturated rings. The van der Waals surface area contributed by atoms with Gasteiger partial charge in [-0.2, -0.15) is 0 Å². The van der Waals surface area contributed by atoms with Crippen LogP contribution in [0.2, 0.25) is 0 Å². The van der Waals surface area contributed by atoms with Gasteiger partial charge in [0, 0.05) is 23.4 Å². The van der Waals surface area contributed by atoms with Crippen molar-refractivity contribution in [2.75, 3.05) is 13.1 Å². The molecule has 3 rings (SSSR count). The first-order valence-corrected chi connectivity index (χ1v) is 11.4.